The molecule has 0 aromatic heterocycles. The van der Waals surface area contributed by atoms with E-state index in [0.717, 1.165) is 17.4 Å². The fourth-order valence-corrected chi connectivity index (χ4v) is 9.45. The van der Waals surface area contributed by atoms with Crippen LogP contribution in [0.4, 0.5) is 11.4 Å². The lowest BCUT2D eigenvalue weighted by Gasteiger charge is -2.55. The lowest BCUT2D eigenvalue weighted by Crippen LogP contribution is -2.64. The molecule has 8 rings (SSSR count). The first-order valence-electron chi connectivity index (χ1n) is 14.0. The number of nitrogens with zero attached hydrogens (tertiary/aromatic N) is 1. The largest absolute Gasteiger partial charge is 0.456 e. The van der Waals surface area contributed by atoms with Crippen LogP contribution in [0, 0.1) is 11.8 Å². The number of benzene rings is 4. The second-order valence-corrected chi connectivity index (χ2v) is 13.4. The normalized spacial score (nSPS) is 27.8. The van der Waals surface area contributed by atoms with Gasteiger partial charge in [-0.3, -0.25) is 0 Å². The molecule has 4 aliphatic rings. The van der Waals surface area contributed by atoms with Crippen molar-refractivity contribution in [3.05, 3.63) is 90.5 Å². The molecule has 4 unspecified atom stereocenters. The molecule has 0 spiro atoms. The van der Waals surface area contributed by atoms with Gasteiger partial charge in [-0.05, 0) is 78.4 Å². The third-order valence-corrected chi connectivity index (χ3v) is 11.6. The van der Waals surface area contributed by atoms with Crippen molar-refractivity contribution in [1.82, 2.24) is 0 Å². The molecule has 0 radical (unpaired) electrons. The number of para-hydroxylation sites is 2. The standard InChI is InChI=1S/C34H32BNOS/c1-21-19-33(3)24-13-8-14-25-31(24)36(34(33,4)20-22(21)2)27-16-10-18-29-30(27)35(25)26-15-9-17-28(32(26)38-29)37-23-11-6-5-7-12-23/h5-18,21-22H,19-20H2,1-4H3. The molecule has 0 amide bonds. The fraction of sp³-hybridized carbons (Fsp3) is 0.294. The molecular weight excluding hydrogens is 481 g/mol. The summed E-state index contributed by atoms with van der Waals surface area (Å²) in [5, 5.41) is 0. The van der Waals surface area contributed by atoms with Crippen molar-refractivity contribution >= 4 is 46.2 Å². The summed E-state index contributed by atoms with van der Waals surface area (Å²) in [5.74, 6) is 3.25. The molecule has 1 saturated carbocycles. The Morgan fingerprint density at radius 3 is 2.39 bits per heavy atom. The molecule has 0 saturated heterocycles. The summed E-state index contributed by atoms with van der Waals surface area (Å²) >= 11 is 1.88. The van der Waals surface area contributed by atoms with E-state index in [1.165, 1.54) is 50.4 Å². The van der Waals surface area contributed by atoms with E-state index in [1.54, 1.807) is 5.56 Å². The van der Waals surface area contributed by atoms with Crippen LogP contribution in [0.5, 0.6) is 11.5 Å². The van der Waals surface area contributed by atoms with Crippen LogP contribution < -0.4 is 26.0 Å². The summed E-state index contributed by atoms with van der Waals surface area (Å²) in [4.78, 5) is 5.38. The fourth-order valence-electron chi connectivity index (χ4n) is 8.24. The van der Waals surface area contributed by atoms with Crippen molar-refractivity contribution in [2.24, 2.45) is 11.8 Å². The second-order valence-electron chi connectivity index (χ2n) is 12.4. The van der Waals surface area contributed by atoms with Crippen LogP contribution in [0.25, 0.3) is 0 Å². The van der Waals surface area contributed by atoms with Gasteiger partial charge < -0.3 is 9.64 Å². The van der Waals surface area contributed by atoms with E-state index in [-0.39, 0.29) is 17.7 Å². The van der Waals surface area contributed by atoms with Crippen LogP contribution in [0.3, 0.4) is 0 Å². The summed E-state index contributed by atoms with van der Waals surface area (Å²) in [6, 6.07) is 30.9. The van der Waals surface area contributed by atoms with Gasteiger partial charge in [0.25, 0.3) is 0 Å². The van der Waals surface area contributed by atoms with Crippen molar-refractivity contribution in [2.45, 2.75) is 61.3 Å². The van der Waals surface area contributed by atoms with Gasteiger partial charge in [-0.15, -0.1) is 0 Å². The maximum absolute atomic E-state index is 6.48. The quantitative estimate of drug-likeness (QED) is 0.236. The zero-order valence-electron chi connectivity index (χ0n) is 22.5. The van der Waals surface area contributed by atoms with E-state index in [1.807, 2.05) is 42.1 Å². The van der Waals surface area contributed by atoms with Crippen LogP contribution in [0.15, 0.2) is 94.7 Å². The molecule has 0 N–H and O–H groups in total. The first kappa shape index (κ1) is 22.8. The number of anilines is 2. The van der Waals surface area contributed by atoms with Crippen molar-refractivity contribution in [3.8, 4) is 11.5 Å². The third-order valence-electron chi connectivity index (χ3n) is 10.4. The molecule has 1 fully saturated rings. The predicted molar refractivity (Wildman–Crippen MR) is 160 cm³/mol. The van der Waals surface area contributed by atoms with Gasteiger partial charge >= 0.3 is 0 Å². The molecule has 38 heavy (non-hydrogen) atoms. The SMILES string of the molecule is CC1CC2(C)c3cccc4c3N(c3cccc5c3B4c3cccc(Oc4ccccc4)c3S5)C2(C)CC1C. The van der Waals surface area contributed by atoms with Gasteiger partial charge in [-0.25, -0.2) is 0 Å². The average molecular weight is 514 g/mol. The van der Waals surface area contributed by atoms with Gasteiger partial charge in [-0.1, -0.05) is 92.6 Å². The Labute approximate surface area is 230 Å². The Kier molecular flexibility index (Phi) is 4.64. The topological polar surface area (TPSA) is 12.5 Å². The number of hydrogen-bond donors (Lipinski definition) is 0. The molecule has 1 aliphatic carbocycles. The number of ether oxygens (including phenoxy) is 1. The molecule has 3 heterocycles. The highest BCUT2D eigenvalue weighted by molar-refractivity contribution is 8.00. The van der Waals surface area contributed by atoms with Gasteiger partial charge in [0.2, 0.25) is 6.71 Å². The monoisotopic (exact) mass is 513 g/mol. The van der Waals surface area contributed by atoms with Crippen LogP contribution in [-0.4, -0.2) is 12.3 Å². The first-order chi connectivity index (χ1) is 18.4. The van der Waals surface area contributed by atoms with E-state index >= 15 is 0 Å². The highest BCUT2D eigenvalue weighted by atomic mass is 32.2. The summed E-state index contributed by atoms with van der Waals surface area (Å²) < 4.78 is 6.48. The molecule has 4 aromatic carbocycles. The minimum Gasteiger partial charge on any atom is -0.456 e. The van der Waals surface area contributed by atoms with Crippen LogP contribution in [-0.2, 0) is 5.41 Å². The number of rotatable bonds is 2. The predicted octanol–water partition coefficient (Wildman–Crippen LogP) is 7.01. The van der Waals surface area contributed by atoms with Crippen molar-refractivity contribution < 1.29 is 4.74 Å². The zero-order chi connectivity index (χ0) is 25.8. The molecule has 188 valence electrons. The van der Waals surface area contributed by atoms with Crippen LogP contribution in [0.1, 0.15) is 46.1 Å². The minimum absolute atomic E-state index is 0.0562. The van der Waals surface area contributed by atoms with E-state index in [2.05, 4.69) is 87.2 Å². The van der Waals surface area contributed by atoms with Crippen molar-refractivity contribution in [3.63, 3.8) is 0 Å². The molecule has 2 nitrogen and oxygen atoms in total. The summed E-state index contributed by atoms with van der Waals surface area (Å²) in [7, 11) is 0. The summed E-state index contributed by atoms with van der Waals surface area (Å²) in [6.45, 7) is 10.2. The van der Waals surface area contributed by atoms with E-state index in [9.17, 15) is 0 Å². The van der Waals surface area contributed by atoms with E-state index in [0.29, 0.717) is 5.92 Å². The third kappa shape index (κ3) is 2.77. The first-order valence-corrected chi connectivity index (χ1v) is 14.8. The number of fused-ring (bicyclic) bond motifs is 7. The Morgan fingerprint density at radius 2 is 1.55 bits per heavy atom. The van der Waals surface area contributed by atoms with E-state index in [4.69, 9.17) is 4.74 Å². The van der Waals surface area contributed by atoms with Crippen molar-refractivity contribution in [2.75, 3.05) is 4.90 Å². The Morgan fingerprint density at radius 1 is 0.816 bits per heavy atom. The smallest absolute Gasteiger partial charge is 0.249 e. The maximum atomic E-state index is 6.48. The Balaban J connectivity index is 1.37. The van der Waals surface area contributed by atoms with E-state index < -0.39 is 0 Å². The van der Waals surface area contributed by atoms with Gasteiger partial charge in [0.1, 0.15) is 11.5 Å². The average Bonchev–Trinajstić information content (AvgIpc) is 3.12. The maximum Gasteiger partial charge on any atom is 0.249 e. The summed E-state index contributed by atoms with van der Waals surface area (Å²) in [5.41, 5.74) is 8.90. The molecule has 3 aliphatic heterocycles. The Bertz CT molecular complexity index is 1620. The lowest BCUT2D eigenvalue weighted by molar-refractivity contribution is 0.105. The van der Waals surface area contributed by atoms with Crippen LogP contribution >= 0.6 is 11.8 Å². The van der Waals surface area contributed by atoms with Gasteiger partial charge in [0, 0.05) is 21.7 Å². The molecule has 4 heteroatoms. The van der Waals surface area contributed by atoms with Crippen molar-refractivity contribution in [1.29, 1.82) is 0 Å². The second kappa shape index (κ2) is 7.73. The van der Waals surface area contributed by atoms with Crippen LogP contribution in [0.2, 0.25) is 0 Å². The molecule has 4 atom stereocenters. The molecular formula is C34H32BNOS. The lowest BCUT2D eigenvalue weighted by atomic mass is 9.35. The van der Waals surface area contributed by atoms with Gasteiger partial charge in [-0.2, -0.15) is 0 Å². The molecule has 4 aromatic rings. The van der Waals surface area contributed by atoms with Gasteiger partial charge in [0.05, 0.1) is 10.4 Å². The molecule has 0 bridgehead atoms. The van der Waals surface area contributed by atoms with Gasteiger partial charge in [0.15, 0.2) is 0 Å². The highest BCUT2D eigenvalue weighted by Gasteiger charge is 2.62. The number of hydrogen-bond acceptors (Lipinski definition) is 3. The zero-order valence-corrected chi connectivity index (χ0v) is 23.3. The summed E-state index contributed by atoms with van der Waals surface area (Å²) in [6.07, 6.45) is 2.45. The Hall–Kier alpha value is -3.11. The minimum atomic E-state index is 0.0562. The highest BCUT2D eigenvalue weighted by Crippen LogP contribution is 2.63.